The van der Waals surface area contributed by atoms with Gasteiger partial charge in [-0.3, -0.25) is 0 Å². The molecule has 3 heteroatoms. The summed E-state index contributed by atoms with van der Waals surface area (Å²) in [6.45, 7) is 0.152. The molecule has 0 unspecified atom stereocenters. The van der Waals surface area contributed by atoms with E-state index < -0.39 is 5.97 Å². The van der Waals surface area contributed by atoms with Crippen LogP contribution < -0.4 is 4.74 Å². The van der Waals surface area contributed by atoms with Gasteiger partial charge in [-0.2, -0.15) is 0 Å². The van der Waals surface area contributed by atoms with E-state index in [9.17, 15) is 4.79 Å². The smallest absolute Gasteiger partial charge is 0.339 e. The number of aromatic carboxylic acids is 1. The van der Waals surface area contributed by atoms with Crippen molar-refractivity contribution in [3.05, 3.63) is 65.7 Å². The van der Waals surface area contributed by atoms with Crippen molar-refractivity contribution >= 4 is 5.97 Å². The van der Waals surface area contributed by atoms with Gasteiger partial charge in [0.1, 0.15) is 17.9 Å². The Labute approximate surface area is 111 Å². The summed E-state index contributed by atoms with van der Waals surface area (Å²) in [4.78, 5) is 11.0. The molecule has 0 aliphatic carbocycles. The van der Waals surface area contributed by atoms with Crippen molar-refractivity contribution in [2.75, 3.05) is 6.61 Å². The topological polar surface area (TPSA) is 46.5 Å². The highest BCUT2D eigenvalue weighted by Gasteiger charge is 2.08. The molecule has 1 N–H and O–H groups in total. The third kappa shape index (κ3) is 3.62. The number of carboxylic acids is 1. The summed E-state index contributed by atoms with van der Waals surface area (Å²) in [5.74, 6) is 5.12. The van der Waals surface area contributed by atoms with Crippen LogP contribution in [-0.4, -0.2) is 17.7 Å². The van der Waals surface area contributed by atoms with E-state index in [1.807, 2.05) is 30.3 Å². The fraction of sp³-hybridized carbons (Fsp3) is 0.0625. The first-order chi connectivity index (χ1) is 9.27. The lowest BCUT2D eigenvalue weighted by atomic mass is 10.2. The monoisotopic (exact) mass is 252 g/mol. The van der Waals surface area contributed by atoms with E-state index in [-0.39, 0.29) is 12.2 Å². The van der Waals surface area contributed by atoms with E-state index in [0.29, 0.717) is 5.75 Å². The van der Waals surface area contributed by atoms with Crippen LogP contribution in [0.5, 0.6) is 5.75 Å². The lowest BCUT2D eigenvalue weighted by molar-refractivity contribution is 0.0693. The minimum atomic E-state index is -1.01. The minimum absolute atomic E-state index is 0.143. The number of para-hydroxylation sites is 1. The molecular formula is C16H12O3. The highest BCUT2D eigenvalue weighted by atomic mass is 16.5. The van der Waals surface area contributed by atoms with E-state index in [0.717, 1.165) is 5.56 Å². The third-order valence-corrected chi connectivity index (χ3v) is 2.42. The summed E-state index contributed by atoms with van der Waals surface area (Å²) in [6, 6.07) is 16.0. The molecule has 0 amide bonds. The average molecular weight is 252 g/mol. The molecule has 0 heterocycles. The molecule has 0 aliphatic rings. The van der Waals surface area contributed by atoms with Crippen LogP contribution in [-0.2, 0) is 0 Å². The quantitative estimate of drug-likeness (QED) is 0.854. The van der Waals surface area contributed by atoms with Gasteiger partial charge in [-0.05, 0) is 24.3 Å². The van der Waals surface area contributed by atoms with E-state index >= 15 is 0 Å². The number of hydrogen-bond acceptors (Lipinski definition) is 2. The lowest BCUT2D eigenvalue weighted by Gasteiger charge is -2.05. The van der Waals surface area contributed by atoms with Crippen molar-refractivity contribution in [1.82, 2.24) is 0 Å². The van der Waals surface area contributed by atoms with Crippen LogP contribution in [0.4, 0.5) is 0 Å². The predicted octanol–water partition coefficient (Wildman–Crippen LogP) is 2.82. The van der Waals surface area contributed by atoms with E-state index in [1.54, 1.807) is 18.2 Å². The summed E-state index contributed by atoms with van der Waals surface area (Å²) in [5, 5.41) is 8.98. The molecule has 0 atom stereocenters. The number of benzene rings is 2. The second-order valence-corrected chi connectivity index (χ2v) is 3.76. The predicted molar refractivity (Wildman–Crippen MR) is 72.2 cm³/mol. The summed E-state index contributed by atoms with van der Waals surface area (Å²) in [6.07, 6.45) is 0. The molecule has 2 rings (SSSR count). The number of carbonyl (C=O) groups is 1. The zero-order valence-corrected chi connectivity index (χ0v) is 10.2. The highest BCUT2D eigenvalue weighted by molar-refractivity contribution is 5.90. The lowest BCUT2D eigenvalue weighted by Crippen LogP contribution is -2.03. The summed E-state index contributed by atoms with van der Waals surface area (Å²) >= 11 is 0. The van der Waals surface area contributed by atoms with Crippen LogP contribution >= 0.6 is 0 Å². The molecule has 0 radical (unpaired) electrons. The first-order valence-electron chi connectivity index (χ1n) is 5.76. The standard InChI is InChI=1S/C16H12O3/c17-16(18)14-10-4-5-11-15(14)19-12-6-9-13-7-2-1-3-8-13/h1-5,7-8,10-11H,12H2,(H,17,18). The summed E-state index contributed by atoms with van der Waals surface area (Å²) < 4.78 is 5.37. The van der Waals surface area contributed by atoms with Gasteiger partial charge >= 0.3 is 5.97 Å². The fourth-order valence-electron chi connectivity index (χ4n) is 1.54. The number of rotatable bonds is 3. The molecule has 0 saturated carbocycles. The maximum absolute atomic E-state index is 11.0. The molecule has 0 fully saturated rings. The summed E-state index contributed by atoms with van der Waals surface area (Å²) in [7, 11) is 0. The maximum atomic E-state index is 11.0. The number of hydrogen-bond donors (Lipinski definition) is 1. The molecule has 3 nitrogen and oxygen atoms in total. The van der Waals surface area contributed by atoms with Crippen molar-refractivity contribution in [3.8, 4) is 17.6 Å². The first-order valence-corrected chi connectivity index (χ1v) is 5.76. The van der Waals surface area contributed by atoms with Gasteiger partial charge in [0.25, 0.3) is 0 Å². The Hall–Kier alpha value is -2.73. The zero-order valence-electron chi connectivity index (χ0n) is 10.2. The molecular weight excluding hydrogens is 240 g/mol. The zero-order chi connectivity index (χ0) is 13.5. The van der Waals surface area contributed by atoms with Gasteiger partial charge in [0, 0.05) is 5.56 Å². The van der Waals surface area contributed by atoms with Gasteiger partial charge in [0.05, 0.1) is 0 Å². The molecule has 2 aromatic rings. The molecule has 19 heavy (non-hydrogen) atoms. The minimum Gasteiger partial charge on any atom is -0.480 e. The van der Waals surface area contributed by atoms with Crippen molar-refractivity contribution in [2.45, 2.75) is 0 Å². The Morgan fingerprint density at radius 2 is 1.74 bits per heavy atom. The third-order valence-electron chi connectivity index (χ3n) is 2.42. The van der Waals surface area contributed by atoms with Crippen LogP contribution in [0, 0.1) is 11.8 Å². The Bertz CT molecular complexity index is 621. The fourth-order valence-corrected chi connectivity index (χ4v) is 1.54. The van der Waals surface area contributed by atoms with Gasteiger partial charge < -0.3 is 9.84 Å². The maximum Gasteiger partial charge on any atom is 0.339 e. The molecule has 0 spiro atoms. The number of ether oxygens (including phenoxy) is 1. The largest absolute Gasteiger partial charge is 0.480 e. The second kappa shape index (κ2) is 6.27. The SMILES string of the molecule is O=C(O)c1ccccc1OCC#Cc1ccccc1. The van der Waals surface area contributed by atoms with Crippen LogP contribution in [0.2, 0.25) is 0 Å². The van der Waals surface area contributed by atoms with Gasteiger partial charge in [-0.1, -0.05) is 42.2 Å². The van der Waals surface area contributed by atoms with Gasteiger partial charge in [0.2, 0.25) is 0 Å². The van der Waals surface area contributed by atoms with E-state index in [4.69, 9.17) is 9.84 Å². The normalized spacial score (nSPS) is 9.26. The Morgan fingerprint density at radius 3 is 2.47 bits per heavy atom. The first kappa shape index (κ1) is 12.7. The molecule has 0 saturated heterocycles. The van der Waals surface area contributed by atoms with Crippen molar-refractivity contribution in [2.24, 2.45) is 0 Å². The molecule has 0 aliphatic heterocycles. The van der Waals surface area contributed by atoms with Gasteiger partial charge in [-0.15, -0.1) is 0 Å². The Morgan fingerprint density at radius 1 is 1.05 bits per heavy atom. The second-order valence-electron chi connectivity index (χ2n) is 3.76. The summed E-state index contributed by atoms with van der Waals surface area (Å²) in [5.41, 5.74) is 1.04. The van der Waals surface area contributed by atoms with Gasteiger partial charge in [0.15, 0.2) is 0 Å². The Balaban J connectivity index is 2.01. The van der Waals surface area contributed by atoms with Crippen molar-refractivity contribution in [3.63, 3.8) is 0 Å². The van der Waals surface area contributed by atoms with Crippen molar-refractivity contribution < 1.29 is 14.6 Å². The molecule has 0 bridgehead atoms. The van der Waals surface area contributed by atoms with Crippen LogP contribution in [0.1, 0.15) is 15.9 Å². The number of carboxylic acid groups (broad SMARTS) is 1. The van der Waals surface area contributed by atoms with Crippen LogP contribution in [0.15, 0.2) is 54.6 Å². The van der Waals surface area contributed by atoms with Crippen molar-refractivity contribution in [1.29, 1.82) is 0 Å². The average Bonchev–Trinajstić information content (AvgIpc) is 2.45. The van der Waals surface area contributed by atoms with Gasteiger partial charge in [-0.25, -0.2) is 4.79 Å². The Kier molecular flexibility index (Phi) is 4.20. The molecule has 94 valence electrons. The van der Waals surface area contributed by atoms with E-state index in [1.165, 1.54) is 6.07 Å². The molecule has 0 aromatic heterocycles. The molecule has 2 aromatic carbocycles. The van der Waals surface area contributed by atoms with Crippen LogP contribution in [0.3, 0.4) is 0 Å². The van der Waals surface area contributed by atoms with E-state index in [2.05, 4.69) is 11.8 Å². The van der Waals surface area contributed by atoms with Crippen LogP contribution in [0.25, 0.3) is 0 Å². The highest BCUT2D eigenvalue weighted by Crippen LogP contribution is 2.17.